The molecule has 2 heterocycles. The molecule has 0 aliphatic rings. The van der Waals surface area contributed by atoms with Gasteiger partial charge in [-0.3, -0.25) is 0 Å². The molecular formula is C8H8N2S. The summed E-state index contributed by atoms with van der Waals surface area (Å²) >= 11 is 1.69. The first-order valence-corrected chi connectivity index (χ1v) is 4.30. The first-order chi connectivity index (χ1) is 5.36. The highest BCUT2D eigenvalue weighted by atomic mass is 32.1. The third kappa shape index (κ3) is 1.19. The Morgan fingerprint density at radius 3 is 2.91 bits per heavy atom. The lowest BCUT2D eigenvalue weighted by atomic mass is 10.5. The van der Waals surface area contributed by atoms with Crippen LogP contribution < -0.4 is 0 Å². The molecular weight excluding hydrogens is 156 g/mol. The summed E-state index contributed by atoms with van der Waals surface area (Å²) in [5.74, 6) is 0. The van der Waals surface area contributed by atoms with Gasteiger partial charge < -0.3 is 0 Å². The van der Waals surface area contributed by atoms with Crippen molar-refractivity contribution in [3.8, 4) is 5.00 Å². The fraction of sp³-hybridized carbons (Fsp3) is 0.125. The zero-order valence-corrected chi connectivity index (χ0v) is 7.01. The topological polar surface area (TPSA) is 17.8 Å². The van der Waals surface area contributed by atoms with Gasteiger partial charge in [-0.05, 0) is 30.5 Å². The Bertz CT molecular complexity index is 335. The molecule has 3 heteroatoms. The summed E-state index contributed by atoms with van der Waals surface area (Å²) in [6, 6.07) is 6.08. The van der Waals surface area contributed by atoms with Gasteiger partial charge >= 0.3 is 0 Å². The first-order valence-electron chi connectivity index (χ1n) is 3.42. The van der Waals surface area contributed by atoms with Crippen molar-refractivity contribution >= 4 is 11.3 Å². The molecule has 0 radical (unpaired) electrons. The van der Waals surface area contributed by atoms with Crippen molar-refractivity contribution in [2.24, 2.45) is 0 Å². The molecule has 0 N–H and O–H groups in total. The summed E-state index contributed by atoms with van der Waals surface area (Å²) in [6.07, 6.45) is 1.97. The molecule has 56 valence electrons. The van der Waals surface area contributed by atoms with Crippen molar-refractivity contribution in [1.82, 2.24) is 9.78 Å². The molecule has 0 amide bonds. The van der Waals surface area contributed by atoms with Crippen LogP contribution >= 0.6 is 11.3 Å². The molecule has 2 rings (SSSR count). The Hall–Kier alpha value is -1.09. The number of aromatic nitrogens is 2. The van der Waals surface area contributed by atoms with Gasteiger partial charge in [-0.15, -0.1) is 11.3 Å². The Labute approximate surface area is 69.1 Å². The van der Waals surface area contributed by atoms with Gasteiger partial charge in [-0.1, -0.05) is 0 Å². The standard InChI is InChI=1S/C8H8N2S/c1-7-4-5-10(9-7)8-3-2-6-11-8/h2-6H,1H3. The van der Waals surface area contributed by atoms with Crippen molar-refractivity contribution in [2.45, 2.75) is 6.92 Å². The normalized spacial score (nSPS) is 10.3. The van der Waals surface area contributed by atoms with Crippen molar-refractivity contribution in [3.63, 3.8) is 0 Å². The van der Waals surface area contributed by atoms with E-state index in [1.54, 1.807) is 11.3 Å². The second kappa shape index (κ2) is 2.51. The lowest BCUT2D eigenvalue weighted by molar-refractivity contribution is 0.878. The Kier molecular flexibility index (Phi) is 1.51. The zero-order valence-electron chi connectivity index (χ0n) is 6.19. The predicted molar refractivity (Wildman–Crippen MR) is 46.2 cm³/mol. The van der Waals surface area contributed by atoms with Gasteiger partial charge in [0.2, 0.25) is 0 Å². The van der Waals surface area contributed by atoms with Crippen molar-refractivity contribution in [2.75, 3.05) is 0 Å². The van der Waals surface area contributed by atoms with Crippen LogP contribution in [-0.2, 0) is 0 Å². The molecule has 0 atom stereocenters. The molecule has 11 heavy (non-hydrogen) atoms. The molecule has 0 aliphatic heterocycles. The summed E-state index contributed by atoms with van der Waals surface area (Å²) < 4.78 is 1.89. The first kappa shape index (κ1) is 6.61. The van der Waals surface area contributed by atoms with Crippen molar-refractivity contribution in [3.05, 3.63) is 35.5 Å². The van der Waals surface area contributed by atoms with Gasteiger partial charge in [0.1, 0.15) is 5.00 Å². The zero-order chi connectivity index (χ0) is 7.68. The predicted octanol–water partition coefficient (Wildman–Crippen LogP) is 2.24. The largest absolute Gasteiger partial charge is 0.231 e. The second-order valence-electron chi connectivity index (χ2n) is 2.35. The maximum Gasteiger partial charge on any atom is 0.117 e. The highest BCUT2D eigenvalue weighted by Gasteiger charge is 1.96. The Balaban J connectivity index is 2.45. The lowest BCUT2D eigenvalue weighted by Crippen LogP contribution is -1.90. The lowest BCUT2D eigenvalue weighted by Gasteiger charge is -1.92. The fourth-order valence-electron chi connectivity index (χ4n) is 0.938. The monoisotopic (exact) mass is 164 g/mol. The van der Waals surface area contributed by atoms with Crippen LogP contribution in [0, 0.1) is 6.92 Å². The van der Waals surface area contributed by atoms with Crippen LogP contribution in [0.15, 0.2) is 29.8 Å². The average molecular weight is 164 g/mol. The molecule has 0 fully saturated rings. The van der Waals surface area contributed by atoms with E-state index in [-0.39, 0.29) is 0 Å². The van der Waals surface area contributed by atoms with E-state index in [0.717, 1.165) is 10.7 Å². The highest BCUT2D eigenvalue weighted by Crippen LogP contribution is 2.13. The van der Waals surface area contributed by atoms with Gasteiger partial charge in [0, 0.05) is 6.20 Å². The highest BCUT2D eigenvalue weighted by molar-refractivity contribution is 7.12. The molecule has 0 spiro atoms. The SMILES string of the molecule is Cc1ccn(-c2cccs2)n1. The summed E-state index contributed by atoms with van der Waals surface area (Å²) in [5, 5.41) is 7.49. The molecule has 0 aromatic carbocycles. The minimum Gasteiger partial charge on any atom is -0.231 e. The number of aryl methyl sites for hydroxylation is 1. The van der Waals surface area contributed by atoms with E-state index in [1.165, 1.54) is 0 Å². The molecule has 2 nitrogen and oxygen atoms in total. The van der Waals surface area contributed by atoms with Gasteiger partial charge in [-0.2, -0.15) is 5.10 Å². The molecule has 0 unspecified atom stereocenters. The molecule has 2 aromatic heterocycles. The molecule has 2 aromatic rings. The van der Waals surface area contributed by atoms with Gasteiger partial charge in [0.15, 0.2) is 0 Å². The maximum atomic E-state index is 4.28. The van der Waals surface area contributed by atoms with Crippen LogP contribution in [0.3, 0.4) is 0 Å². The summed E-state index contributed by atoms with van der Waals surface area (Å²) in [7, 11) is 0. The Morgan fingerprint density at radius 2 is 2.36 bits per heavy atom. The summed E-state index contributed by atoms with van der Waals surface area (Å²) in [4.78, 5) is 0. The number of hydrogen-bond donors (Lipinski definition) is 0. The third-order valence-corrected chi connectivity index (χ3v) is 2.31. The summed E-state index contributed by atoms with van der Waals surface area (Å²) in [6.45, 7) is 1.99. The molecule has 0 aliphatic carbocycles. The third-order valence-electron chi connectivity index (χ3n) is 1.45. The smallest absolute Gasteiger partial charge is 0.117 e. The van der Waals surface area contributed by atoms with Crippen LogP contribution in [0.25, 0.3) is 5.00 Å². The van der Waals surface area contributed by atoms with E-state index in [4.69, 9.17) is 0 Å². The van der Waals surface area contributed by atoms with Crippen LogP contribution in [-0.4, -0.2) is 9.78 Å². The van der Waals surface area contributed by atoms with Crippen LogP contribution in [0.1, 0.15) is 5.69 Å². The van der Waals surface area contributed by atoms with Gasteiger partial charge in [-0.25, -0.2) is 4.68 Å². The number of hydrogen-bond acceptors (Lipinski definition) is 2. The maximum absolute atomic E-state index is 4.28. The van der Waals surface area contributed by atoms with Crippen molar-refractivity contribution in [1.29, 1.82) is 0 Å². The summed E-state index contributed by atoms with van der Waals surface area (Å²) in [5.41, 5.74) is 1.05. The molecule has 0 bridgehead atoms. The van der Waals surface area contributed by atoms with E-state index in [1.807, 2.05) is 35.3 Å². The fourth-order valence-corrected chi connectivity index (χ4v) is 1.60. The van der Waals surface area contributed by atoms with E-state index >= 15 is 0 Å². The van der Waals surface area contributed by atoms with E-state index in [9.17, 15) is 0 Å². The quantitative estimate of drug-likeness (QED) is 0.632. The number of thiophene rings is 1. The van der Waals surface area contributed by atoms with Crippen LogP contribution in [0.5, 0.6) is 0 Å². The molecule has 0 saturated carbocycles. The number of rotatable bonds is 1. The average Bonchev–Trinajstić information content (AvgIpc) is 2.55. The number of nitrogens with zero attached hydrogens (tertiary/aromatic N) is 2. The van der Waals surface area contributed by atoms with Crippen LogP contribution in [0.4, 0.5) is 0 Å². The van der Waals surface area contributed by atoms with Gasteiger partial charge in [0.05, 0.1) is 5.69 Å². The molecule has 0 saturated heterocycles. The van der Waals surface area contributed by atoms with E-state index in [0.29, 0.717) is 0 Å². The Morgan fingerprint density at radius 1 is 1.45 bits per heavy atom. The van der Waals surface area contributed by atoms with Crippen LogP contribution in [0.2, 0.25) is 0 Å². The van der Waals surface area contributed by atoms with Crippen molar-refractivity contribution < 1.29 is 0 Å². The second-order valence-corrected chi connectivity index (χ2v) is 3.28. The van der Waals surface area contributed by atoms with E-state index in [2.05, 4.69) is 11.2 Å². The van der Waals surface area contributed by atoms with E-state index < -0.39 is 0 Å². The minimum atomic E-state index is 1.05. The van der Waals surface area contributed by atoms with Gasteiger partial charge in [0.25, 0.3) is 0 Å². The minimum absolute atomic E-state index is 1.05.